The van der Waals surface area contributed by atoms with Gasteiger partial charge in [0.15, 0.2) is 22.2 Å². The lowest BCUT2D eigenvalue weighted by Crippen LogP contribution is -2.39. The minimum atomic E-state index is -0.226. The lowest BCUT2D eigenvalue weighted by atomic mass is 10.2. The number of anilines is 1. The highest BCUT2D eigenvalue weighted by Gasteiger charge is 2.26. The second kappa shape index (κ2) is 10.3. The van der Waals surface area contributed by atoms with Gasteiger partial charge in [-0.05, 0) is 37.6 Å². The van der Waals surface area contributed by atoms with Crippen molar-refractivity contribution in [2.75, 3.05) is 50.9 Å². The molecule has 5 rings (SSSR count). The minimum absolute atomic E-state index is 0.226. The molecule has 3 heterocycles. The monoisotopic (exact) mass is 499 g/mol. The number of para-hydroxylation sites is 2. The van der Waals surface area contributed by atoms with Gasteiger partial charge in [-0.15, -0.1) is 0 Å². The van der Waals surface area contributed by atoms with Gasteiger partial charge in [-0.25, -0.2) is 4.98 Å². The molecule has 1 amide bonds. The van der Waals surface area contributed by atoms with Crippen LogP contribution in [0.2, 0.25) is 5.02 Å². The maximum atomic E-state index is 13.7. The number of hydrogen-bond donors (Lipinski definition) is 0. The van der Waals surface area contributed by atoms with Crippen molar-refractivity contribution in [2.45, 2.75) is 13.3 Å². The van der Waals surface area contributed by atoms with Gasteiger partial charge in [0.25, 0.3) is 5.91 Å². The molecule has 0 saturated carbocycles. The number of benzene rings is 2. The summed E-state index contributed by atoms with van der Waals surface area (Å²) in [5.41, 5.74) is 1.28. The number of nitrogens with zero attached hydrogens (tertiary/aromatic N) is 3. The molecule has 1 aliphatic rings. The summed E-state index contributed by atoms with van der Waals surface area (Å²) in [7, 11) is 0. The first kappa shape index (κ1) is 23.1. The molecule has 0 atom stereocenters. The number of carbonyl (C=O) groups is 1. The third kappa shape index (κ3) is 4.77. The highest BCUT2D eigenvalue weighted by Crippen LogP contribution is 2.35. The summed E-state index contributed by atoms with van der Waals surface area (Å²) in [6.45, 7) is 7.16. The Kier molecular flexibility index (Phi) is 7.01. The topological polar surface area (TPSA) is 68.0 Å². The van der Waals surface area contributed by atoms with E-state index >= 15 is 0 Å². The molecule has 2 aromatic heterocycles. The normalized spacial score (nSPS) is 14.6. The van der Waals surface area contributed by atoms with Gasteiger partial charge < -0.3 is 13.9 Å². The molecule has 0 aliphatic carbocycles. The number of hydrogen-bond acceptors (Lipinski definition) is 7. The zero-order chi connectivity index (χ0) is 23.5. The van der Waals surface area contributed by atoms with Crippen molar-refractivity contribution in [3.05, 3.63) is 53.2 Å². The van der Waals surface area contributed by atoms with Crippen LogP contribution in [0.25, 0.3) is 21.2 Å². The molecular formula is C25H26ClN3O4S. The number of fused-ring (bicyclic) bond motifs is 2. The third-order valence-electron chi connectivity index (χ3n) is 5.81. The van der Waals surface area contributed by atoms with Gasteiger partial charge in [0.2, 0.25) is 0 Å². The largest absolute Gasteiger partial charge is 0.490 e. The Hall–Kier alpha value is -2.65. The SMILES string of the molecule is CCOc1cccc2cc(C(=O)N(CCCN3CCOCC3)c3nc4c(Cl)cccc4s3)oc12. The first-order valence-electron chi connectivity index (χ1n) is 11.5. The number of carbonyl (C=O) groups excluding carboxylic acids is 1. The summed E-state index contributed by atoms with van der Waals surface area (Å²) < 4.78 is 18.1. The number of furan rings is 1. The lowest BCUT2D eigenvalue weighted by Gasteiger charge is -2.27. The summed E-state index contributed by atoms with van der Waals surface area (Å²) in [6, 6.07) is 13.1. The number of rotatable bonds is 8. The number of amides is 1. The number of ether oxygens (including phenoxy) is 2. The number of morpholine rings is 1. The van der Waals surface area contributed by atoms with Crippen LogP contribution in [0, 0.1) is 0 Å². The van der Waals surface area contributed by atoms with E-state index in [4.69, 9.17) is 30.5 Å². The molecule has 7 nitrogen and oxygen atoms in total. The molecule has 1 saturated heterocycles. The van der Waals surface area contributed by atoms with Gasteiger partial charge in [-0.3, -0.25) is 14.6 Å². The van der Waals surface area contributed by atoms with Gasteiger partial charge in [-0.1, -0.05) is 41.1 Å². The van der Waals surface area contributed by atoms with Crippen molar-refractivity contribution in [1.29, 1.82) is 0 Å². The van der Waals surface area contributed by atoms with E-state index < -0.39 is 0 Å². The fraction of sp³-hybridized carbons (Fsp3) is 0.360. The average molecular weight is 500 g/mol. The van der Waals surface area contributed by atoms with E-state index in [2.05, 4.69) is 4.90 Å². The van der Waals surface area contributed by atoms with Crippen LogP contribution >= 0.6 is 22.9 Å². The second-order valence-electron chi connectivity index (χ2n) is 8.07. The lowest BCUT2D eigenvalue weighted by molar-refractivity contribution is 0.0376. The van der Waals surface area contributed by atoms with E-state index in [0.717, 1.165) is 49.4 Å². The molecule has 34 heavy (non-hydrogen) atoms. The van der Waals surface area contributed by atoms with Crippen molar-refractivity contribution in [2.24, 2.45) is 0 Å². The Bertz CT molecular complexity index is 1300. The molecule has 1 fully saturated rings. The Morgan fingerprint density at radius 2 is 2.06 bits per heavy atom. The van der Waals surface area contributed by atoms with Gasteiger partial charge in [-0.2, -0.15) is 0 Å². The summed E-state index contributed by atoms with van der Waals surface area (Å²) in [6.07, 6.45) is 0.805. The zero-order valence-electron chi connectivity index (χ0n) is 19.0. The molecule has 0 N–H and O–H groups in total. The summed E-state index contributed by atoms with van der Waals surface area (Å²) in [4.78, 5) is 22.5. The van der Waals surface area contributed by atoms with Crippen LogP contribution in [0.15, 0.2) is 46.9 Å². The Morgan fingerprint density at radius 1 is 1.24 bits per heavy atom. The highest BCUT2D eigenvalue weighted by atomic mass is 35.5. The van der Waals surface area contributed by atoms with Crippen LogP contribution in [-0.2, 0) is 4.74 Å². The van der Waals surface area contributed by atoms with E-state index in [0.29, 0.717) is 40.2 Å². The quantitative estimate of drug-likeness (QED) is 0.320. The van der Waals surface area contributed by atoms with E-state index in [1.165, 1.54) is 11.3 Å². The highest BCUT2D eigenvalue weighted by molar-refractivity contribution is 7.22. The van der Waals surface area contributed by atoms with Crippen LogP contribution in [0.4, 0.5) is 5.13 Å². The second-order valence-corrected chi connectivity index (χ2v) is 9.48. The first-order valence-corrected chi connectivity index (χ1v) is 12.7. The van der Waals surface area contributed by atoms with E-state index in [1.807, 2.05) is 43.3 Å². The predicted molar refractivity (Wildman–Crippen MR) is 136 cm³/mol. The van der Waals surface area contributed by atoms with E-state index in [9.17, 15) is 4.79 Å². The number of thiazole rings is 1. The average Bonchev–Trinajstić information content (AvgIpc) is 3.48. The summed E-state index contributed by atoms with van der Waals surface area (Å²) in [5, 5.41) is 2.02. The predicted octanol–water partition coefficient (Wildman–Crippen LogP) is 5.46. The van der Waals surface area contributed by atoms with Crippen LogP contribution in [0.5, 0.6) is 5.75 Å². The molecule has 0 bridgehead atoms. The smallest absolute Gasteiger partial charge is 0.295 e. The van der Waals surface area contributed by atoms with Crippen molar-refractivity contribution in [3.8, 4) is 5.75 Å². The van der Waals surface area contributed by atoms with Crippen molar-refractivity contribution >= 4 is 55.2 Å². The Balaban J connectivity index is 1.45. The number of halogens is 1. The molecular weight excluding hydrogens is 474 g/mol. The summed E-state index contributed by atoms with van der Waals surface area (Å²) in [5.74, 6) is 0.666. The molecule has 178 valence electrons. The summed E-state index contributed by atoms with van der Waals surface area (Å²) >= 11 is 7.82. The van der Waals surface area contributed by atoms with Crippen LogP contribution in [0.3, 0.4) is 0 Å². The third-order valence-corrected chi connectivity index (χ3v) is 7.16. The molecule has 4 aromatic rings. The fourth-order valence-electron chi connectivity index (χ4n) is 4.12. The van der Waals surface area contributed by atoms with Crippen molar-refractivity contribution < 1.29 is 18.7 Å². The molecule has 0 radical (unpaired) electrons. The van der Waals surface area contributed by atoms with E-state index in [1.54, 1.807) is 11.0 Å². The van der Waals surface area contributed by atoms with E-state index in [-0.39, 0.29) is 11.7 Å². The molecule has 0 spiro atoms. The molecule has 2 aromatic carbocycles. The molecule has 1 aliphatic heterocycles. The standard InChI is InChI=1S/C25H26ClN3O4S/c1-2-32-19-8-3-6-17-16-20(33-23(17)19)24(30)29(11-5-10-28-12-14-31-15-13-28)25-27-22-18(26)7-4-9-21(22)34-25/h3-4,6-9,16H,2,5,10-15H2,1H3. The van der Waals surface area contributed by atoms with Crippen molar-refractivity contribution in [1.82, 2.24) is 9.88 Å². The Morgan fingerprint density at radius 3 is 2.85 bits per heavy atom. The zero-order valence-corrected chi connectivity index (χ0v) is 20.5. The van der Waals surface area contributed by atoms with Crippen molar-refractivity contribution in [3.63, 3.8) is 0 Å². The van der Waals surface area contributed by atoms with Crippen LogP contribution in [0.1, 0.15) is 23.9 Å². The van der Waals surface area contributed by atoms with Gasteiger partial charge in [0, 0.05) is 31.6 Å². The van der Waals surface area contributed by atoms with Crippen LogP contribution in [-0.4, -0.2) is 61.8 Å². The van der Waals surface area contributed by atoms with Gasteiger partial charge in [0.05, 0.1) is 29.5 Å². The maximum Gasteiger partial charge on any atom is 0.295 e. The maximum absolute atomic E-state index is 13.7. The Labute approximate surface area is 206 Å². The fourth-order valence-corrected chi connectivity index (χ4v) is 5.41. The number of aromatic nitrogens is 1. The van der Waals surface area contributed by atoms with Gasteiger partial charge in [0.1, 0.15) is 5.52 Å². The minimum Gasteiger partial charge on any atom is -0.490 e. The van der Waals surface area contributed by atoms with Crippen LogP contribution < -0.4 is 9.64 Å². The molecule has 9 heteroatoms. The van der Waals surface area contributed by atoms with Gasteiger partial charge >= 0.3 is 0 Å². The molecule has 0 unspecified atom stereocenters. The first-order chi connectivity index (χ1) is 16.6.